The molecular weight excluding hydrogens is 554 g/mol. The van der Waals surface area contributed by atoms with Crippen molar-refractivity contribution in [1.29, 1.82) is 0 Å². The normalized spacial score (nSPS) is 12.0. The van der Waals surface area contributed by atoms with Crippen LogP contribution in [-0.4, -0.2) is 44.8 Å². The van der Waals surface area contributed by atoms with Crippen molar-refractivity contribution in [2.45, 2.75) is 24.4 Å². The topological polar surface area (TPSA) is 86.8 Å². The van der Waals surface area contributed by atoms with E-state index in [0.29, 0.717) is 20.7 Å². The van der Waals surface area contributed by atoms with Gasteiger partial charge in [0.1, 0.15) is 12.6 Å². The second-order valence-corrected chi connectivity index (χ2v) is 10.9. The smallest absolute Gasteiger partial charge is 0.264 e. The summed E-state index contributed by atoms with van der Waals surface area (Å²) in [6, 6.07) is 20.7. The molecule has 10 heteroatoms. The lowest BCUT2D eigenvalue weighted by atomic mass is 10.1. The molecule has 3 aromatic carbocycles. The van der Waals surface area contributed by atoms with Gasteiger partial charge in [0.05, 0.1) is 10.6 Å². The van der Waals surface area contributed by atoms with E-state index in [0.717, 1.165) is 4.31 Å². The van der Waals surface area contributed by atoms with Gasteiger partial charge in [-0.25, -0.2) is 8.42 Å². The van der Waals surface area contributed by atoms with E-state index in [1.54, 1.807) is 73.7 Å². The van der Waals surface area contributed by atoms with Crippen molar-refractivity contribution in [1.82, 2.24) is 10.2 Å². The molecule has 0 spiro atoms. The molecule has 0 aromatic heterocycles. The fraction of sp³-hybridized carbons (Fsp3) is 0.200. The molecule has 0 radical (unpaired) electrons. The van der Waals surface area contributed by atoms with Gasteiger partial charge in [0, 0.05) is 23.1 Å². The molecule has 0 bridgehead atoms. The standard InChI is InChI=1S/C25H25BrClN3O4S/c1-18(25(32)28-2)29(16-19-9-6-7-14-23(19)27)24(31)17-30(21-11-8-10-20(26)15-21)35(33,34)22-12-4-3-5-13-22/h3-15,18H,16-17H2,1-2H3,(H,28,32)/t18-/m1/s1. The van der Waals surface area contributed by atoms with Crippen molar-refractivity contribution in [3.8, 4) is 0 Å². The Morgan fingerprint density at radius 1 is 1.00 bits per heavy atom. The van der Waals surface area contributed by atoms with E-state index in [1.165, 1.54) is 24.1 Å². The van der Waals surface area contributed by atoms with Crippen molar-refractivity contribution >= 4 is 55.1 Å². The largest absolute Gasteiger partial charge is 0.357 e. The SMILES string of the molecule is CNC(=O)[C@@H](C)N(Cc1ccccc1Cl)C(=O)CN(c1cccc(Br)c1)S(=O)(=O)c1ccccc1. The second-order valence-electron chi connectivity index (χ2n) is 7.71. The predicted octanol–water partition coefficient (Wildman–Crippen LogP) is 4.46. The molecule has 3 rings (SSSR count). The quantitative estimate of drug-likeness (QED) is 0.406. The summed E-state index contributed by atoms with van der Waals surface area (Å²) in [5.41, 5.74) is 0.944. The number of likely N-dealkylation sites (N-methyl/N-ethyl adjacent to an activating group) is 1. The van der Waals surface area contributed by atoms with Crippen LogP contribution in [0.2, 0.25) is 5.02 Å². The van der Waals surface area contributed by atoms with Gasteiger partial charge in [0.2, 0.25) is 11.8 Å². The minimum atomic E-state index is -4.09. The number of benzene rings is 3. The number of anilines is 1. The summed E-state index contributed by atoms with van der Waals surface area (Å²) < 4.78 is 28.9. The number of hydrogen-bond donors (Lipinski definition) is 1. The Bertz CT molecular complexity index is 1300. The Morgan fingerprint density at radius 2 is 1.66 bits per heavy atom. The number of nitrogens with one attached hydrogen (secondary N) is 1. The highest BCUT2D eigenvalue weighted by molar-refractivity contribution is 9.10. The number of hydrogen-bond acceptors (Lipinski definition) is 4. The molecule has 0 aliphatic heterocycles. The number of sulfonamides is 1. The number of halogens is 2. The zero-order valence-corrected chi connectivity index (χ0v) is 22.3. The Labute approximate surface area is 218 Å². The summed E-state index contributed by atoms with van der Waals surface area (Å²) >= 11 is 9.68. The van der Waals surface area contributed by atoms with Crippen molar-refractivity contribution in [3.63, 3.8) is 0 Å². The van der Waals surface area contributed by atoms with E-state index in [4.69, 9.17) is 11.6 Å². The highest BCUT2D eigenvalue weighted by Crippen LogP contribution is 2.27. The van der Waals surface area contributed by atoms with Crippen LogP contribution in [0.15, 0.2) is 88.2 Å². The Kier molecular flexibility index (Phi) is 8.93. The monoisotopic (exact) mass is 577 g/mol. The Hall–Kier alpha value is -2.88. The first-order valence-electron chi connectivity index (χ1n) is 10.7. The molecule has 0 saturated carbocycles. The minimum Gasteiger partial charge on any atom is -0.357 e. The van der Waals surface area contributed by atoms with Crippen LogP contribution in [0.3, 0.4) is 0 Å². The predicted molar refractivity (Wildman–Crippen MR) is 141 cm³/mol. The maximum Gasteiger partial charge on any atom is 0.264 e. The van der Waals surface area contributed by atoms with Crippen LogP contribution in [0.5, 0.6) is 0 Å². The fourth-order valence-corrected chi connectivity index (χ4v) is 5.49. The van der Waals surface area contributed by atoms with E-state index >= 15 is 0 Å². The van der Waals surface area contributed by atoms with Gasteiger partial charge in [0.25, 0.3) is 10.0 Å². The van der Waals surface area contributed by atoms with Crippen LogP contribution in [0, 0.1) is 0 Å². The van der Waals surface area contributed by atoms with Gasteiger partial charge in [-0.1, -0.05) is 70.0 Å². The maximum absolute atomic E-state index is 13.7. The van der Waals surface area contributed by atoms with Crippen molar-refractivity contribution in [3.05, 3.63) is 93.9 Å². The van der Waals surface area contributed by atoms with E-state index in [9.17, 15) is 18.0 Å². The molecule has 35 heavy (non-hydrogen) atoms. The number of carbonyl (C=O) groups is 2. The molecule has 2 amide bonds. The molecular formula is C25H25BrClN3O4S. The second kappa shape index (κ2) is 11.7. The first-order valence-corrected chi connectivity index (χ1v) is 13.3. The summed E-state index contributed by atoms with van der Waals surface area (Å²) in [7, 11) is -2.62. The molecule has 0 aliphatic rings. The molecule has 1 N–H and O–H groups in total. The summed E-state index contributed by atoms with van der Waals surface area (Å²) in [5, 5.41) is 2.99. The molecule has 0 heterocycles. The van der Waals surface area contributed by atoms with Crippen LogP contribution < -0.4 is 9.62 Å². The van der Waals surface area contributed by atoms with Gasteiger partial charge < -0.3 is 10.2 Å². The number of amides is 2. The third-order valence-electron chi connectivity index (χ3n) is 5.42. The molecule has 0 saturated heterocycles. The van der Waals surface area contributed by atoms with Crippen molar-refractivity contribution in [2.24, 2.45) is 0 Å². The molecule has 1 atom stereocenters. The Morgan fingerprint density at radius 3 is 2.29 bits per heavy atom. The van der Waals surface area contributed by atoms with E-state index < -0.39 is 28.5 Å². The van der Waals surface area contributed by atoms with Gasteiger partial charge in [-0.2, -0.15) is 0 Å². The van der Waals surface area contributed by atoms with Crippen molar-refractivity contribution < 1.29 is 18.0 Å². The van der Waals surface area contributed by atoms with Crippen LogP contribution in [-0.2, 0) is 26.2 Å². The highest BCUT2D eigenvalue weighted by Gasteiger charge is 2.32. The first-order chi connectivity index (χ1) is 16.6. The number of nitrogens with zero attached hydrogens (tertiary/aromatic N) is 2. The van der Waals surface area contributed by atoms with Gasteiger partial charge in [0.15, 0.2) is 0 Å². The van der Waals surface area contributed by atoms with E-state index in [1.807, 2.05) is 0 Å². The molecule has 0 unspecified atom stereocenters. The van der Waals surface area contributed by atoms with Crippen LogP contribution in [0.25, 0.3) is 0 Å². The lowest BCUT2D eigenvalue weighted by Gasteiger charge is -2.32. The van der Waals surface area contributed by atoms with Crippen molar-refractivity contribution in [2.75, 3.05) is 17.9 Å². The lowest BCUT2D eigenvalue weighted by Crippen LogP contribution is -2.50. The average Bonchev–Trinajstić information content (AvgIpc) is 2.86. The first kappa shape index (κ1) is 26.7. The highest BCUT2D eigenvalue weighted by atomic mass is 79.9. The van der Waals surface area contributed by atoms with Gasteiger partial charge in [-0.15, -0.1) is 0 Å². The van der Waals surface area contributed by atoms with Crippen LogP contribution >= 0.6 is 27.5 Å². The minimum absolute atomic E-state index is 0.0325. The number of rotatable bonds is 9. The average molecular weight is 579 g/mol. The lowest BCUT2D eigenvalue weighted by molar-refractivity contribution is -0.139. The Balaban J connectivity index is 2.04. The third-order valence-corrected chi connectivity index (χ3v) is 8.07. The summed E-state index contributed by atoms with van der Waals surface area (Å²) in [6.45, 7) is 1.10. The van der Waals surface area contributed by atoms with Crippen LogP contribution in [0.4, 0.5) is 5.69 Å². The summed E-state index contributed by atoms with van der Waals surface area (Å²) in [6.07, 6.45) is 0. The zero-order chi connectivity index (χ0) is 25.6. The maximum atomic E-state index is 13.7. The van der Waals surface area contributed by atoms with Gasteiger partial charge in [-0.05, 0) is 48.9 Å². The van der Waals surface area contributed by atoms with Gasteiger partial charge in [-0.3, -0.25) is 13.9 Å². The molecule has 0 aliphatic carbocycles. The summed E-state index contributed by atoms with van der Waals surface area (Å²) in [4.78, 5) is 27.5. The molecule has 0 fully saturated rings. The van der Waals surface area contributed by atoms with Crippen LogP contribution in [0.1, 0.15) is 12.5 Å². The molecule has 3 aromatic rings. The van der Waals surface area contributed by atoms with E-state index in [2.05, 4.69) is 21.2 Å². The third kappa shape index (κ3) is 6.42. The number of carbonyl (C=O) groups excluding carboxylic acids is 2. The summed E-state index contributed by atoms with van der Waals surface area (Å²) in [5.74, 6) is -0.939. The molecule has 7 nitrogen and oxygen atoms in total. The fourth-order valence-electron chi connectivity index (χ4n) is 3.48. The zero-order valence-electron chi connectivity index (χ0n) is 19.2. The van der Waals surface area contributed by atoms with Gasteiger partial charge >= 0.3 is 0 Å². The van der Waals surface area contributed by atoms with E-state index in [-0.39, 0.29) is 17.3 Å². The molecule has 184 valence electrons.